The second kappa shape index (κ2) is 14.3. The monoisotopic (exact) mass is 401 g/mol. The fourth-order valence-corrected chi connectivity index (χ4v) is 3.27. The predicted octanol–water partition coefficient (Wildman–Crippen LogP) is 7.44. The molecule has 1 unspecified atom stereocenters. The lowest BCUT2D eigenvalue weighted by molar-refractivity contribution is 0.188. The highest BCUT2D eigenvalue weighted by Gasteiger charge is 2.11. The summed E-state index contributed by atoms with van der Waals surface area (Å²) in [6, 6.07) is 8.95. The number of rotatable bonds is 14. The van der Waals surface area contributed by atoms with E-state index in [0.717, 1.165) is 56.0 Å². The molecule has 0 radical (unpaired) electrons. The predicted molar refractivity (Wildman–Crippen MR) is 126 cm³/mol. The Kier molecular flexibility index (Phi) is 12.5. The Labute approximate surface area is 179 Å². The average Bonchev–Trinajstić information content (AvgIpc) is 2.74. The molecule has 29 heavy (non-hydrogen) atoms. The van der Waals surface area contributed by atoms with Gasteiger partial charge in [0.05, 0.1) is 12.9 Å². The van der Waals surface area contributed by atoms with Crippen molar-refractivity contribution in [3.8, 4) is 5.75 Å². The quantitative estimate of drug-likeness (QED) is 0.239. The standard InChI is InChI=1S/C26H43NO2/c1-8-13-23(7)27(11-4)18-12-19-28-25-16-14-24(15-17-25)26(22(6)10-3)29-20-21(5)9-2/h14-17,20,23H,8-13,18-19H2,1-7H3/b21-20+,26-22?. The van der Waals surface area contributed by atoms with E-state index in [9.17, 15) is 0 Å². The normalized spacial score (nSPS) is 14.0. The van der Waals surface area contributed by atoms with Crippen molar-refractivity contribution in [3.05, 3.63) is 47.2 Å². The van der Waals surface area contributed by atoms with Crippen LogP contribution in [0.4, 0.5) is 0 Å². The maximum atomic E-state index is 6.02. The minimum Gasteiger partial charge on any atom is -0.494 e. The molecule has 0 aliphatic rings. The fraction of sp³-hybridized carbons (Fsp3) is 0.615. The first-order valence-corrected chi connectivity index (χ1v) is 11.5. The van der Waals surface area contributed by atoms with Crippen molar-refractivity contribution in [1.29, 1.82) is 0 Å². The Morgan fingerprint density at radius 3 is 2.28 bits per heavy atom. The smallest absolute Gasteiger partial charge is 0.132 e. The van der Waals surface area contributed by atoms with Crippen molar-refractivity contribution >= 4 is 5.76 Å². The van der Waals surface area contributed by atoms with Gasteiger partial charge in [0.25, 0.3) is 0 Å². The van der Waals surface area contributed by atoms with Crippen LogP contribution in [0.2, 0.25) is 0 Å². The summed E-state index contributed by atoms with van der Waals surface area (Å²) in [4.78, 5) is 2.55. The zero-order valence-electron chi connectivity index (χ0n) is 19.9. The van der Waals surface area contributed by atoms with Crippen LogP contribution in [0, 0.1) is 0 Å². The van der Waals surface area contributed by atoms with E-state index in [1.54, 1.807) is 0 Å². The maximum Gasteiger partial charge on any atom is 0.132 e. The third kappa shape index (κ3) is 9.08. The minimum atomic E-state index is 0.654. The van der Waals surface area contributed by atoms with Gasteiger partial charge in [-0.15, -0.1) is 0 Å². The Hall–Kier alpha value is -1.74. The van der Waals surface area contributed by atoms with Crippen molar-refractivity contribution < 1.29 is 9.47 Å². The Morgan fingerprint density at radius 1 is 1.03 bits per heavy atom. The van der Waals surface area contributed by atoms with Gasteiger partial charge in [0, 0.05) is 18.2 Å². The first kappa shape index (κ1) is 25.3. The Balaban J connectivity index is 2.63. The number of hydrogen-bond donors (Lipinski definition) is 0. The molecule has 3 heteroatoms. The first-order valence-electron chi connectivity index (χ1n) is 11.5. The lowest BCUT2D eigenvalue weighted by Gasteiger charge is -2.27. The SMILES string of the molecule is CCCC(C)N(CC)CCCOc1ccc(C(O/C=C(\C)CC)=C(C)CC)cc1. The van der Waals surface area contributed by atoms with Crippen LogP contribution in [-0.4, -0.2) is 30.6 Å². The summed E-state index contributed by atoms with van der Waals surface area (Å²) in [5.74, 6) is 1.88. The van der Waals surface area contributed by atoms with E-state index in [1.807, 2.05) is 6.26 Å². The number of hydrogen-bond acceptors (Lipinski definition) is 3. The summed E-state index contributed by atoms with van der Waals surface area (Å²) in [6.07, 6.45) is 7.39. The summed E-state index contributed by atoms with van der Waals surface area (Å²) < 4.78 is 12.0. The molecule has 0 aromatic heterocycles. The van der Waals surface area contributed by atoms with Crippen LogP contribution in [0.3, 0.4) is 0 Å². The summed E-state index contributed by atoms with van der Waals surface area (Å²) in [6.45, 7) is 18.3. The number of ether oxygens (including phenoxy) is 2. The molecular formula is C26H43NO2. The molecule has 164 valence electrons. The molecule has 0 saturated heterocycles. The lowest BCUT2D eigenvalue weighted by Crippen LogP contribution is -2.34. The van der Waals surface area contributed by atoms with Crippen LogP contribution >= 0.6 is 0 Å². The molecule has 1 aromatic rings. The number of benzene rings is 1. The highest BCUT2D eigenvalue weighted by atomic mass is 16.5. The van der Waals surface area contributed by atoms with Gasteiger partial charge >= 0.3 is 0 Å². The first-order chi connectivity index (χ1) is 14.0. The van der Waals surface area contributed by atoms with Crippen LogP contribution in [0.1, 0.15) is 86.1 Å². The molecule has 1 aromatic carbocycles. The van der Waals surface area contributed by atoms with Gasteiger partial charge in [0.2, 0.25) is 0 Å². The maximum absolute atomic E-state index is 6.02. The summed E-state index contributed by atoms with van der Waals surface area (Å²) in [7, 11) is 0. The number of allylic oxidation sites excluding steroid dienone is 2. The van der Waals surface area contributed by atoms with Gasteiger partial charge in [-0.25, -0.2) is 0 Å². The second-order valence-electron chi connectivity index (χ2n) is 7.89. The summed E-state index contributed by atoms with van der Waals surface area (Å²) >= 11 is 0. The molecule has 1 rings (SSSR count). The van der Waals surface area contributed by atoms with Gasteiger partial charge < -0.3 is 14.4 Å². The van der Waals surface area contributed by atoms with E-state index in [-0.39, 0.29) is 0 Å². The molecule has 0 aliphatic carbocycles. The van der Waals surface area contributed by atoms with Crippen LogP contribution in [0.25, 0.3) is 5.76 Å². The van der Waals surface area contributed by atoms with Crippen molar-refractivity contribution in [2.45, 2.75) is 86.6 Å². The molecular weight excluding hydrogens is 358 g/mol. The van der Waals surface area contributed by atoms with E-state index in [1.165, 1.54) is 24.0 Å². The molecule has 3 nitrogen and oxygen atoms in total. The molecule has 0 bridgehead atoms. The lowest BCUT2D eigenvalue weighted by atomic mass is 10.1. The molecule has 0 amide bonds. The van der Waals surface area contributed by atoms with Gasteiger partial charge in [0.15, 0.2) is 0 Å². The number of nitrogens with zero attached hydrogens (tertiary/aromatic N) is 1. The minimum absolute atomic E-state index is 0.654. The zero-order chi connectivity index (χ0) is 21.6. The van der Waals surface area contributed by atoms with Gasteiger partial charge in [0.1, 0.15) is 11.5 Å². The molecule has 0 spiro atoms. The molecule has 0 N–H and O–H groups in total. The highest BCUT2D eigenvalue weighted by Crippen LogP contribution is 2.25. The van der Waals surface area contributed by atoms with E-state index < -0.39 is 0 Å². The molecule has 0 aliphatic heterocycles. The van der Waals surface area contributed by atoms with E-state index in [0.29, 0.717) is 6.04 Å². The zero-order valence-corrected chi connectivity index (χ0v) is 19.9. The van der Waals surface area contributed by atoms with Crippen molar-refractivity contribution in [1.82, 2.24) is 4.90 Å². The van der Waals surface area contributed by atoms with Crippen molar-refractivity contribution in [3.63, 3.8) is 0 Å². The summed E-state index contributed by atoms with van der Waals surface area (Å²) in [5, 5.41) is 0. The molecule has 1 atom stereocenters. The Morgan fingerprint density at radius 2 is 1.72 bits per heavy atom. The highest BCUT2D eigenvalue weighted by molar-refractivity contribution is 5.63. The molecule has 0 saturated carbocycles. The van der Waals surface area contributed by atoms with Crippen molar-refractivity contribution in [2.75, 3.05) is 19.7 Å². The third-order valence-electron chi connectivity index (χ3n) is 5.56. The third-order valence-corrected chi connectivity index (χ3v) is 5.56. The van der Waals surface area contributed by atoms with Gasteiger partial charge in [-0.1, -0.05) is 34.1 Å². The van der Waals surface area contributed by atoms with Crippen LogP contribution < -0.4 is 4.74 Å². The van der Waals surface area contributed by atoms with Crippen LogP contribution in [0.15, 0.2) is 41.7 Å². The largest absolute Gasteiger partial charge is 0.494 e. The molecule has 0 heterocycles. The van der Waals surface area contributed by atoms with Crippen LogP contribution in [0.5, 0.6) is 5.75 Å². The topological polar surface area (TPSA) is 21.7 Å². The molecule has 0 fully saturated rings. The van der Waals surface area contributed by atoms with E-state index in [2.05, 4.69) is 77.6 Å². The van der Waals surface area contributed by atoms with Gasteiger partial charge in [-0.2, -0.15) is 0 Å². The van der Waals surface area contributed by atoms with Gasteiger partial charge in [-0.05, 0) is 88.4 Å². The van der Waals surface area contributed by atoms with E-state index in [4.69, 9.17) is 9.47 Å². The van der Waals surface area contributed by atoms with Crippen molar-refractivity contribution in [2.24, 2.45) is 0 Å². The van der Waals surface area contributed by atoms with Gasteiger partial charge in [-0.3, -0.25) is 0 Å². The van der Waals surface area contributed by atoms with Crippen LogP contribution in [-0.2, 0) is 4.74 Å². The Bertz CT molecular complexity index is 631. The fourth-order valence-electron chi connectivity index (χ4n) is 3.27. The summed E-state index contributed by atoms with van der Waals surface area (Å²) in [5.41, 5.74) is 3.59. The van der Waals surface area contributed by atoms with E-state index >= 15 is 0 Å². The second-order valence-corrected chi connectivity index (χ2v) is 7.89. The average molecular weight is 402 g/mol.